The molecule has 0 radical (unpaired) electrons. The van der Waals surface area contributed by atoms with Crippen molar-refractivity contribution < 1.29 is 0 Å². The molecular weight excluding hydrogens is 202 g/mol. The maximum Gasteiger partial charge on any atom is -0.00184 e. The van der Waals surface area contributed by atoms with Gasteiger partial charge in [0.1, 0.15) is 0 Å². The molecule has 1 N–H and O–H groups in total. The largest absolute Gasteiger partial charge is 0.319 e. The van der Waals surface area contributed by atoms with E-state index in [0.717, 1.165) is 12.5 Å². The van der Waals surface area contributed by atoms with Gasteiger partial charge in [-0.15, -0.1) is 0 Å². The van der Waals surface area contributed by atoms with Crippen LogP contribution in [0.15, 0.2) is 16.8 Å². The lowest BCUT2D eigenvalue weighted by atomic mass is 9.77. The predicted molar refractivity (Wildman–Crippen MR) is 69.5 cm³/mol. The fourth-order valence-electron chi connectivity index (χ4n) is 1.86. The minimum atomic E-state index is 0.402. The van der Waals surface area contributed by atoms with Crippen LogP contribution >= 0.6 is 11.3 Å². The van der Waals surface area contributed by atoms with Crippen molar-refractivity contribution in [2.24, 2.45) is 11.3 Å². The Morgan fingerprint density at radius 1 is 1.40 bits per heavy atom. The minimum absolute atomic E-state index is 0.402. The van der Waals surface area contributed by atoms with Crippen LogP contribution in [0.4, 0.5) is 0 Å². The molecule has 1 unspecified atom stereocenters. The van der Waals surface area contributed by atoms with E-state index in [4.69, 9.17) is 0 Å². The van der Waals surface area contributed by atoms with Gasteiger partial charge in [0.05, 0.1) is 0 Å². The number of hydrogen-bond acceptors (Lipinski definition) is 2. The molecule has 0 saturated carbocycles. The summed E-state index contributed by atoms with van der Waals surface area (Å²) >= 11 is 1.80. The fraction of sp³-hybridized carbons (Fsp3) is 0.692. The molecule has 0 aliphatic carbocycles. The van der Waals surface area contributed by atoms with Crippen LogP contribution in [0.3, 0.4) is 0 Å². The van der Waals surface area contributed by atoms with E-state index in [9.17, 15) is 0 Å². The van der Waals surface area contributed by atoms with Crippen molar-refractivity contribution in [3.05, 3.63) is 22.4 Å². The number of nitrogens with one attached hydrogen (secondary N) is 1. The van der Waals surface area contributed by atoms with Gasteiger partial charge in [-0.3, -0.25) is 0 Å². The van der Waals surface area contributed by atoms with Crippen LogP contribution in [0, 0.1) is 11.3 Å². The fourth-order valence-corrected chi connectivity index (χ4v) is 2.57. The van der Waals surface area contributed by atoms with Crippen LogP contribution in [0.2, 0.25) is 0 Å². The molecule has 0 spiro atoms. The van der Waals surface area contributed by atoms with Gasteiger partial charge in [-0.2, -0.15) is 11.3 Å². The zero-order valence-electron chi connectivity index (χ0n) is 10.3. The summed E-state index contributed by atoms with van der Waals surface area (Å²) < 4.78 is 0. The van der Waals surface area contributed by atoms with Crippen molar-refractivity contribution in [1.29, 1.82) is 0 Å². The predicted octanol–water partition coefficient (Wildman–Crippen LogP) is 3.56. The molecule has 1 nitrogen and oxygen atoms in total. The average molecular weight is 225 g/mol. The maximum absolute atomic E-state index is 3.31. The third-order valence-electron chi connectivity index (χ3n) is 3.04. The quantitative estimate of drug-likeness (QED) is 0.808. The zero-order chi connectivity index (χ0) is 11.3. The van der Waals surface area contributed by atoms with Gasteiger partial charge in [0, 0.05) is 0 Å². The second kappa shape index (κ2) is 5.66. The molecule has 0 amide bonds. The van der Waals surface area contributed by atoms with Crippen LogP contribution < -0.4 is 5.32 Å². The molecule has 1 atom stereocenters. The van der Waals surface area contributed by atoms with E-state index in [-0.39, 0.29) is 0 Å². The lowest BCUT2D eigenvalue weighted by Crippen LogP contribution is -2.30. The molecule has 0 aliphatic rings. The Morgan fingerprint density at radius 2 is 2.13 bits per heavy atom. The molecule has 1 aromatic heterocycles. The molecule has 1 aromatic rings. The van der Waals surface area contributed by atoms with Crippen molar-refractivity contribution in [3.63, 3.8) is 0 Å². The first kappa shape index (κ1) is 12.7. The monoisotopic (exact) mass is 225 g/mol. The normalized spacial score (nSPS) is 14.1. The molecular formula is C13H23NS. The van der Waals surface area contributed by atoms with Gasteiger partial charge in [-0.25, -0.2) is 0 Å². The van der Waals surface area contributed by atoms with E-state index >= 15 is 0 Å². The van der Waals surface area contributed by atoms with Crippen molar-refractivity contribution >= 4 is 11.3 Å². The van der Waals surface area contributed by atoms with Crippen LogP contribution in [-0.4, -0.2) is 13.6 Å². The van der Waals surface area contributed by atoms with Crippen molar-refractivity contribution in [2.45, 2.75) is 33.6 Å². The maximum atomic E-state index is 3.31. The van der Waals surface area contributed by atoms with E-state index in [1.54, 1.807) is 11.3 Å². The molecule has 86 valence electrons. The second-order valence-electron chi connectivity index (χ2n) is 5.29. The summed E-state index contributed by atoms with van der Waals surface area (Å²) in [5, 5.41) is 7.74. The number of aryl methyl sites for hydroxylation is 1. The van der Waals surface area contributed by atoms with E-state index in [0.29, 0.717) is 5.41 Å². The van der Waals surface area contributed by atoms with Gasteiger partial charge >= 0.3 is 0 Å². The van der Waals surface area contributed by atoms with Crippen LogP contribution in [-0.2, 0) is 6.42 Å². The highest BCUT2D eigenvalue weighted by atomic mass is 32.1. The van der Waals surface area contributed by atoms with E-state index < -0.39 is 0 Å². The van der Waals surface area contributed by atoms with E-state index in [2.05, 4.69) is 42.9 Å². The van der Waals surface area contributed by atoms with Crippen molar-refractivity contribution in [1.82, 2.24) is 5.32 Å². The topological polar surface area (TPSA) is 12.0 Å². The van der Waals surface area contributed by atoms with Gasteiger partial charge < -0.3 is 5.32 Å². The van der Waals surface area contributed by atoms with Gasteiger partial charge in [0.2, 0.25) is 0 Å². The third kappa shape index (κ3) is 4.35. The van der Waals surface area contributed by atoms with Crippen LogP contribution in [0.1, 0.15) is 32.8 Å². The van der Waals surface area contributed by atoms with Crippen molar-refractivity contribution in [2.75, 3.05) is 13.6 Å². The zero-order valence-corrected chi connectivity index (χ0v) is 11.2. The Balaban J connectivity index is 2.45. The number of thiophene rings is 1. The first-order chi connectivity index (χ1) is 7.04. The van der Waals surface area contributed by atoms with Gasteiger partial charge in [-0.05, 0) is 60.2 Å². The highest BCUT2D eigenvalue weighted by molar-refractivity contribution is 7.07. The number of hydrogen-bond donors (Lipinski definition) is 1. The summed E-state index contributed by atoms with van der Waals surface area (Å²) in [6.45, 7) is 8.13. The summed E-state index contributed by atoms with van der Waals surface area (Å²) in [4.78, 5) is 0. The summed E-state index contributed by atoms with van der Waals surface area (Å²) in [6.07, 6.45) is 2.49. The second-order valence-corrected chi connectivity index (χ2v) is 6.07. The molecule has 0 fully saturated rings. The molecule has 15 heavy (non-hydrogen) atoms. The van der Waals surface area contributed by atoms with Crippen molar-refractivity contribution in [3.8, 4) is 0 Å². The molecule has 0 aliphatic heterocycles. The highest BCUT2D eigenvalue weighted by Crippen LogP contribution is 2.29. The smallest absolute Gasteiger partial charge is 0.00184 e. The van der Waals surface area contributed by atoms with E-state index in [1.807, 2.05) is 7.05 Å². The Hall–Kier alpha value is -0.340. The highest BCUT2D eigenvalue weighted by Gasteiger charge is 2.23. The standard InChI is InChI=1S/C13H23NS/c1-13(2,3)12(9-14-4)6-5-11-7-8-15-10-11/h7-8,10,12,14H,5-6,9H2,1-4H3. The Labute approximate surface area is 97.9 Å². The summed E-state index contributed by atoms with van der Waals surface area (Å²) in [6, 6.07) is 2.24. The lowest BCUT2D eigenvalue weighted by molar-refractivity contribution is 0.222. The van der Waals surface area contributed by atoms with Crippen LogP contribution in [0.5, 0.6) is 0 Å². The molecule has 0 aromatic carbocycles. The molecule has 1 rings (SSSR count). The summed E-state index contributed by atoms with van der Waals surface area (Å²) in [5.74, 6) is 0.752. The van der Waals surface area contributed by atoms with Gasteiger partial charge in [-0.1, -0.05) is 20.8 Å². The Kier molecular flexibility index (Phi) is 4.81. The third-order valence-corrected chi connectivity index (χ3v) is 3.77. The summed E-state index contributed by atoms with van der Waals surface area (Å²) in [5.41, 5.74) is 1.89. The average Bonchev–Trinajstić information content (AvgIpc) is 2.62. The Bertz CT molecular complexity index is 259. The first-order valence-electron chi connectivity index (χ1n) is 5.69. The first-order valence-corrected chi connectivity index (χ1v) is 6.64. The molecule has 2 heteroatoms. The molecule has 1 heterocycles. The molecule has 0 saturated heterocycles. The van der Waals surface area contributed by atoms with E-state index in [1.165, 1.54) is 18.4 Å². The SMILES string of the molecule is CNCC(CCc1ccsc1)C(C)(C)C. The molecule has 0 bridgehead atoms. The van der Waals surface area contributed by atoms with Crippen LogP contribution in [0.25, 0.3) is 0 Å². The lowest BCUT2D eigenvalue weighted by Gasteiger charge is -2.30. The number of rotatable bonds is 5. The van der Waals surface area contributed by atoms with Gasteiger partial charge in [0.25, 0.3) is 0 Å². The van der Waals surface area contributed by atoms with Gasteiger partial charge in [0.15, 0.2) is 0 Å². The minimum Gasteiger partial charge on any atom is -0.319 e. The summed E-state index contributed by atoms with van der Waals surface area (Å²) in [7, 11) is 2.04. The Morgan fingerprint density at radius 3 is 2.60 bits per heavy atom.